The van der Waals surface area contributed by atoms with Crippen molar-refractivity contribution in [2.45, 2.75) is 13.1 Å². The van der Waals surface area contributed by atoms with Crippen LogP contribution < -0.4 is 0 Å². The fourth-order valence-electron chi connectivity index (χ4n) is 1.02. The summed E-state index contributed by atoms with van der Waals surface area (Å²) in [5.41, 5.74) is -1.26. The van der Waals surface area contributed by atoms with E-state index in [0.29, 0.717) is 0 Å². The number of halogens is 3. The van der Waals surface area contributed by atoms with Gasteiger partial charge in [-0.1, -0.05) is 0 Å². The lowest BCUT2D eigenvalue weighted by Gasteiger charge is -2.05. The second-order valence-electron chi connectivity index (χ2n) is 2.36. The van der Waals surface area contributed by atoms with Crippen LogP contribution >= 0.6 is 0 Å². The van der Waals surface area contributed by atoms with Crippen LogP contribution in [0.5, 0.6) is 0 Å². The monoisotopic (exact) mass is 177 g/mol. The Hall–Kier alpha value is -1.26. The fourth-order valence-corrected chi connectivity index (χ4v) is 1.02. The molecule has 2 nitrogen and oxygen atoms in total. The van der Waals surface area contributed by atoms with E-state index in [4.69, 9.17) is 0 Å². The molecule has 1 N–H and O–H groups in total. The van der Waals surface area contributed by atoms with E-state index in [9.17, 15) is 18.0 Å². The minimum atomic E-state index is -4.46. The van der Waals surface area contributed by atoms with Crippen molar-refractivity contribution in [3.05, 3.63) is 23.0 Å². The number of carbonyl (C=O) groups is 1. The van der Waals surface area contributed by atoms with E-state index in [0.717, 1.165) is 6.20 Å². The molecule has 0 aliphatic carbocycles. The number of aromatic nitrogens is 1. The number of alkyl halides is 3. The van der Waals surface area contributed by atoms with Gasteiger partial charge in [-0.3, -0.25) is 4.79 Å². The van der Waals surface area contributed by atoms with Gasteiger partial charge in [0, 0.05) is 17.5 Å². The summed E-state index contributed by atoms with van der Waals surface area (Å²) in [6, 6.07) is 0. The van der Waals surface area contributed by atoms with Crippen molar-refractivity contribution >= 4 is 6.29 Å². The lowest BCUT2D eigenvalue weighted by atomic mass is 10.1. The highest BCUT2D eigenvalue weighted by Crippen LogP contribution is 2.33. The lowest BCUT2D eigenvalue weighted by Crippen LogP contribution is -2.08. The van der Waals surface area contributed by atoms with Gasteiger partial charge in [0.15, 0.2) is 6.29 Å². The van der Waals surface area contributed by atoms with Crippen molar-refractivity contribution < 1.29 is 18.0 Å². The van der Waals surface area contributed by atoms with Crippen molar-refractivity contribution in [3.8, 4) is 0 Å². The standard InChI is InChI=1S/C7H6F3NO/c1-4-6(7(8,9)10)5(3-12)2-11-4/h2-3,11H,1H3. The third-order valence-corrected chi connectivity index (χ3v) is 1.52. The maximum absolute atomic E-state index is 12.2. The summed E-state index contributed by atoms with van der Waals surface area (Å²) >= 11 is 0. The third kappa shape index (κ3) is 1.34. The summed E-state index contributed by atoms with van der Waals surface area (Å²) in [6.45, 7) is 1.27. The van der Waals surface area contributed by atoms with Crippen LogP contribution in [0.1, 0.15) is 21.6 Å². The fraction of sp³-hybridized carbons (Fsp3) is 0.286. The zero-order valence-corrected chi connectivity index (χ0v) is 6.20. The van der Waals surface area contributed by atoms with Gasteiger partial charge >= 0.3 is 6.18 Å². The Labute approximate surface area is 66.4 Å². The Morgan fingerprint density at radius 1 is 1.50 bits per heavy atom. The van der Waals surface area contributed by atoms with Crippen LogP contribution in [0, 0.1) is 6.92 Å². The summed E-state index contributed by atoms with van der Waals surface area (Å²) in [5.74, 6) is 0. The number of rotatable bonds is 1. The Balaban J connectivity index is 3.28. The molecule has 5 heteroatoms. The maximum atomic E-state index is 12.2. The van der Waals surface area contributed by atoms with Gasteiger partial charge in [-0.15, -0.1) is 0 Å². The molecule has 0 spiro atoms. The Bertz CT molecular complexity index is 300. The predicted molar refractivity (Wildman–Crippen MR) is 35.9 cm³/mol. The summed E-state index contributed by atoms with van der Waals surface area (Å²) in [7, 11) is 0. The predicted octanol–water partition coefficient (Wildman–Crippen LogP) is 2.15. The van der Waals surface area contributed by atoms with Gasteiger partial charge in [-0.25, -0.2) is 0 Å². The Morgan fingerprint density at radius 2 is 2.08 bits per heavy atom. The molecule has 0 bridgehead atoms. The summed E-state index contributed by atoms with van der Waals surface area (Å²) in [6.07, 6.45) is -3.22. The first kappa shape index (κ1) is 8.83. The van der Waals surface area contributed by atoms with Gasteiger partial charge < -0.3 is 4.98 Å². The number of aryl methyl sites for hydroxylation is 1. The van der Waals surface area contributed by atoms with Gasteiger partial charge in [0.05, 0.1) is 5.56 Å². The van der Waals surface area contributed by atoms with Crippen LogP contribution in [-0.4, -0.2) is 11.3 Å². The zero-order valence-electron chi connectivity index (χ0n) is 6.20. The normalized spacial score (nSPS) is 11.7. The SMILES string of the molecule is Cc1[nH]cc(C=O)c1C(F)(F)F. The van der Waals surface area contributed by atoms with Crippen molar-refractivity contribution in [3.63, 3.8) is 0 Å². The first-order chi connectivity index (χ1) is 5.46. The molecule has 1 aromatic heterocycles. The molecule has 0 unspecified atom stereocenters. The van der Waals surface area contributed by atoms with Gasteiger partial charge in [0.2, 0.25) is 0 Å². The molecular weight excluding hydrogens is 171 g/mol. The van der Waals surface area contributed by atoms with E-state index in [2.05, 4.69) is 4.98 Å². The van der Waals surface area contributed by atoms with Crippen LogP contribution in [0.4, 0.5) is 13.2 Å². The van der Waals surface area contributed by atoms with Gasteiger partial charge in [-0.2, -0.15) is 13.2 Å². The lowest BCUT2D eigenvalue weighted by molar-refractivity contribution is -0.138. The zero-order chi connectivity index (χ0) is 9.35. The van der Waals surface area contributed by atoms with E-state index in [1.165, 1.54) is 6.92 Å². The molecule has 0 aliphatic heterocycles. The van der Waals surface area contributed by atoms with Crippen LogP contribution in [0.3, 0.4) is 0 Å². The maximum Gasteiger partial charge on any atom is 0.418 e. The van der Waals surface area contributed by atoms with Crippen molar-refractivity contribution in [2.24, 2.45) is 0 Å². The first-order valence-corrected chi connectivity index (χ1v) is 3.17. The minimum Gasteiger partial charge on any atom is -0.364 e. The topological polar surface area (TPSA) is 32.9 Å². The molecule has 0 radical (unpaired) electrons. The van der Waals surface area contributed by atoms with Gasteiger partial charge in [0.25, 0.3) is 0 Å². The highest BCUT2D eigenvalue weighted by atomic mass is 19.4. The molecule has 0 amide bonds. The Morgan fingerprint density at radius 3 is 2.42 bits per heavy atom. The molecule has 12 heavy (non-hydrogen) atoms. The molecular formula is C7H6F3NO. The minimum absolute atomic E-state index is 0.0374. The van der Waals surface area contributed by atoms with Gasteiger partial charge in [0.1, 0.15) is 0 Å². The van der Waals surface area contributed by atoms with Crippen LogP contribution in [0.2, 0.25) is 0 Å². The first-order valence-electron chi connectivity index (χ1n) is 3.17. The van der Waals surface area contributed by atoms with E-state index in [1.807, 2.05) is 0 Å². The number of hydrogen-bond acceptors (Lipinski definition) is 1. The quantitative estimate of drug-likeness (QED) is 0.655. The van der Waals surface area contributed by atoms with E-state index < -0.39 is 11.7 Å². The molecule has 1 rings (SSSR count). The smallest absolute Gasteiger partial charge is 0.364 e. The number of nitrogens with one attached hydrogen (secondary N) is 1. The third-order valence-electron chi connectivity index (χ3n) is 1.52. The van der Waals surface area contributed by atoms with Crippen molar-refractivity contribution in [1.82, 2.24) is 4.98 Å². The molecule has 1 aromatic rings. The molecule has 0 fully saturated rings. The number of aldehydes is 1. The second kappa shape index (κ2) is 2.66. The largest absolute Gasteiger partial charge is 0.418 e. The summed E-state index contributed by atoms with van der Waals surface area (Å²) in [4.78, 5) is 12.5. The highest BCUT2D eigenvalue weighted by Gasteiger charge is 2.36. The number of H-pyrrole nitrogens is 1. The van der Waals surface area contributed by atoms with E-state index in [-0.39, 0.29) is 17.5 Å². The highest BCUT2D eigenvalue weighted by molar-refractivity contribution is 5.78. The average molecular weight is 177 g/mol. The van der Waals surface area contributed by atoms with Gasteiger partial charge in [-0.05, 0) is 6.92 Å². The van der Waals surface area contributed by atoms with E-state index >= 15 is 0 Å². The summed E-state index contributed by atoms with van der Waals surface area (Å²) < 4.78 is 36.5. The molecule has 0 aliphatic rings. The van der Waals surface area contributed by atoms with Crippen LogP contribution in [0.25, 0.3) is 0 Å². The summed E-state index contributed by atoms with van der Waals surface area (Å²) in [5, 5.41) is 0. The molecule has 0 aromatic carbocycles. The number of aromatic amines is 1. The molecule has 0 atom stereocenters. The van der Waals surface area contributed by atoms with Crippen molar-refractivity contribution in [1.29, 1.82) is 0 Å². The number of hydrogen-bond donors (Lipinski definition) is 1. The molecule has 1 heterocycles. The molecule has 0 saturated heterocycles. The molecule has 0 saturated carbocycles. The number of carbonyl (C=O) groups excluding carboxylic acids is 1. The van der Waals surface area contributed by atoms with Crippen LogP contribution in [-0.2, 0) is 6.18 Å². The average Bonchev–Trinajstić information content (AvgIpc) is 2.29. The van der Waals surface area contributed by atoms with Crippen molar-refractivity contribution in [2.75, 3.05) is 0 Å². The van der Waals surface area contributed by atoms with E-state index in [1.54, 1.807) is 0 Å². The molecule has 66 valence electrons. The Kier molecular flexibility index (Phi) is 1.95. The van der Waals surface area contributed by atoms with Crippen LogP contribution in [0.15, 0.2) is 6.20 Å². The second-order valence-corrected chi connectivity index (χ2v) is 2.36.